The van der Waals surface area contributed by atoms with E-state index in [0.717, 1.165) is 11.4 Å². The van der Waals surface area contributed by atoms with Crippen molar-refractivity contribution in [1.29, 1.82) is 0 Å². The molecule has 1 aliphatic rings. The van der Waals surface area contributed by atoms with Crippen LogP contribution in [0.25, 0.3) is 0 Å². The van der Waals surface area contributed by atoms with Crippen LogP contribution in [-0.2, 0) is 6.54 Å². The topological polar surface area (TPSA) is 217 Å². The molecule has 159 valence electrons. The summed E-state index contributed by atoms with van der Waals surface area (Å²) in [4.78, 5) is 12.4. The molecule has 3 rings (SSSR count). The maximum atomic E-state index is 12.4. The van der Waals surface area contributed by atoms with Crippen LogP contribution in [0.5, 0.6) is 0 Å². The van der Waals surface area contributed by atoms with Gasteiger partial charge < -0.3 is 0 Å². The van der Waals surface area contributed by atoms with Crippen LogP contribution < -0.4 is 42.5 Å². The predicted molar refractivity (Wildman–Crippen MR) is 74.5 cm³/mol. The van der Waals surface area contributed by atoms with Crippen LogP contribution in [0.2, 0.25) is 0 Å². The molecule has 1 N–H and O–H groups in total. The molecule has 1 aromatic carbocycles. The first-order valence-corrected chi connectivity index (χ1v) is 10.3. The standard InChI is InChI=1S/C16H16N2O.2ClHO4/c1-12-7-8-18-11-14(10-17-15(18)9-12)16(19)13-5-3-2-4-6-13;2*2-1(3,4)5/h2-9,14H,10-11H2,1H3;2*(H,2,3,4,5)/q+1;;/p-1. The van der Waals surface area contributed by atoms with E-state index < -0.39 is 20.5 Å². The Hall–Kier alpha value is -1.90. The van der Waals surface area contributed by atoms with Crippen molar-refractivity contribution in [2.24, 2.45) is 5.92 Å². The van der Waals surface area contributed by atoms with Crippen LogP contribution in [0, 0.1) is 33.3 Å². The molecule has 13 heteroatoms. The second-order valence-corrected chi connectivity index (χ2v) is 7.30. The molecule has 1 aromatic heterocycles. The Balaban J connectivity index is 0.000000353. The third kappa shape index (κ3) is 11.6. The normalized spacial score (nSPS) is 15.6. The van der Waals surface area contributed by atoms with Crippen molar-refractivity contribution >= 4 is 11.6 Å². The summed E-state index contributed by atoms with van der Waals surface area (Å²) in [6, 6.07) is 13.6. The van der Waals surface area contributed by atoms with Gasteiger partial charge in [0.25, 0.3) is 0 Å². The molecular formula is C16H17Cl2N2O9. The van der Waals surface area contributed by atoms with E-state index >= 15 is 0 Å². The minimum Gasteiger partial charge on any atom is -0.294 e. The number of carbonyl (C=O) groups is 1. The molecule has 1 aliphatic heterocycles. The number of hydrogen-bond acceptors (Lipinski definition) is 9. The van der Waals surface area contributed by atoms with Gasteiger partial charge >= 0.3 is 5.82 Å². The zero-order valence-corrected chi connectivity index (χ0v) is 16.5. The van der Waals surface area contributed by atoms with Gasteiger partial charge in [0, 0.05) is 11.6 Å². The van der Waals surface area contributed by atoms with E-state index in [-0.39, 0.29) is 11.7 Å². The van der Waals surface area contributed by atoms with Gasteiger partial charge in [0.15, 0.2) is 5.78 Å². The second kappa shape index (κ2) is 10.8. The van der Waals surface area contributed by atoms with Crippen LogP contribution >= 0.6 is 0 Å². The summed E-state index contributed by atoms with van der Waals surface area (Å²) in [5, 5.41) is 4.52. The third-order valence-electron chi connectivity index (χ3n) is 3.49. The highest BCUT2D eigenvalue weighted by Gasteiger charge is 2.32. The molecule has 1 atom stereocenters. The lowest BCUT2D eigenvalue weighted by Crippen LogP contribution is -2.68. The van der Waals surface area contributed by atoms with Crippen molar-refractivity contribution < 1.29 is 67.1 Å². The van der Waals surface area contributed by atoms with Crippen molar-refractivity contribution in [1.82, 2.24) is 5.32 Å². The number of fused-ring (bicyclic) bond motifs is 1. The Labute approximate surface area is 170 Å². The summed E-state index contributed by atoms with van der Waals surface area (Å²) in [6.07, 6.45) is 2.01. The van der Waals surface area contributed by atoms with Gasteiger partial charge in [0.05, 0.1) is 21.1 Å². The highest BCUT2D eigenvalue weighted by molar-refractivity contribution is 5.97. The van der Waals surface area contributed by atoms with Crippen molar-refractivity contribution in [3.8, 4) is 0 Å². The van der Waals surface area contributed by atoms with E-state index in [2.05, 4.69) is 22.9 Å². The molecule has 2 aromatic rings. The highest BCUT2D eigenvalue weighted by atomic mass is 35.7. The van der Waals surface area contributed by atoms with Crippen LogP contribution in [0.15, 0.2) is 48.7 Å². The van der Waals surface area contributed by atoms with Gasteiger partial charge in [-0.05, 0) is 18.6 Å². The summed E-state index contributed by atoms with van der Waals surface area (Å²) in [7, 11) is -9.64. The predicted octanol–water partition coefficient (Wildman–Crippen LogP) is -6.85. The second-order valence-electron chi connectivity index (χ2n) is 5.76. The molecule has 1 radical (unpaired) electrons. The zero-order valence-electron chi connectivity index (χ0n) is 15.0. The summed E-state index contributed by atoms with van der Waals surface area (Å²) >= 11 is 0. The quantitative estimate of drug-likeness (QED) is 0.338. The number of aromatic nitrogens is 1. The first-order valence-electron chi connectivity index (χ1n) is 7.76. The van der Waals surface area contributed by atoms with Crippen molar-refractivity contribution in [3.05, 3.63) is 59.8 Å². The fourth-order valence-electron chi connectivity index (χ4n) is 2.41. The lowest BCUT2D eigenvalue weighted by atomic mass is 9.96. The molecule has 0 saturated heterocycles. The number of nitrogens with zero attached hydrogens (tertiary/aromatic N) is 2. The lowest BCUT2D eigenvalue weighted by molar-refractivity contribution is -2.00. The maximum Gasteiger partial charge on any atom is 0.317 e. The Bertz CT molecular complexity index is 771. The average Bonchev–Trinajstić information content (AvgIpc) is 2.58. The fourth-order valence-corrected chi connectivity index (χ4v) is 2.41. The molecule has 11 nitrogen and oxygen atoms in total. The number of carbonyl (C=O) groups excluding carboxylic acids is 1. The number of ketones is 1. The molecule has 1 unspecified atom stereocenters. The monoisotopic (exact) mass is 451 g/mol. The Morgan fingerprint density at radius 2 is 1.59 bits per heavy atom. The Morgan fingerprint density at radius 3 is 2.10 bits per heavy atom. The Kier molecular flexibility index (Phi) is 9.32. The summed E-state index contributed by atoms with van der Waals surface area (Å²) in [5.41, 5.74) is 1.97. The van der Waals surface area contributed by atoms with Gasteiger partial charge in [0.2, 0.25) is 0 Å². The van der Waals surface area contributed by atoms with E-state index in [1.165, 1.54) is 5.56 Å². The van der Waals surface area contributed by atoms with E-state index in [4.69, 9.17) is 37.3 Å². The highest BCUT2D eigenvalue weighted by Crippen LogP contribution is 2.16. The van der Waals surface area contributed by atoms with Gasteiger partial charge in [-0.3, -0.25) is 4.79 Å². The van der Waals surface area contributed by atoms with Gasteiger partial charge in [0.1, 0.15) is 19.0 Å². The number of aryl methyl sites for hydroxylation is 1. The molecule has 0 bridgehead atoms. The van der Waals surface area contributed by atoms with Crippen molar-refractivity contribution in [3.63, 3.8) is 0 Å². The van der Waals surface area contributed by atoms with Gasteiger partial charge in [-0.25, -0.2) is 23.2 Å². The fraction of sp³-hybridized carbons (Fsp3) is 0.250. The molecule has 2 heterocycles. The van der Waals surface area contributed by atoms with Crippen molar-refractivity contribution in [2.75, 3.05) is 6.54 Å². The summed E-state index contributed by atoms with van der Waals surface area (Å²) < 4.78 is 68.8. The number of Topliss-reactive ketones (excluding diaryl/α,β-unsaturated/α-hetero) is 1. The minimum absolute atomic E-state index is 0.0531. The molecular weight excluding hydrogens is 435 g/mol. The third-order valence-corrected chi connectivity index (χ3v) is 3.49. The maximum absolute atomic E-state index is 12.4. The van der Waals surface area contributed by atoms with E-state index in [1.54, 1.807) is 0 Å². The molecule has 0 aliphatic carbocycles. The number of halogens is 2. The van der Waals surface area contributed by atoms with Gasteiger partial charge in [-0.15, -0.1) is 10.2 Å². The molecule has 0 spiro atoms. The average molecular weight is 452 g/mol. The number of hydrogen-bond donors (Lipinski definition) is 1. The SMILES string of the molecule is Cc1cc[n+]2c(c1)[N]CC(C(=O)c1ccccc1)C2.[O-][Cl+3]([O-])([O-])O.[O-][Cl+3]([O-])([O-])[O-]. The van der Waals surface area contributed by atoms with Crippen molar-refractivity contribution in [2.45, 2.75) is 13.5 Å². The molecule has 0 saturated carbocycles. The molecule has 0 fully saturated rings. The number of benzene rings is 1. The van der Waals surface area contributed by atoms with E-state index in [0.29, 0.717) is 13.1 Å². The van der Waals surface area contributed by atoms with Crippen LogP contribution in [0.4, 0.5) is 5.82 Å². The number of pyridine rings is 1. The van der Waals surface area contributed by atoms with E-state index in [1.807, 2.05) is 42.6 Å². The first-order chi connectivity index (χ1) is 13.2. The largest absolute Gasteiger partial charge is 0.317 e. The Morgan fingerprint density at radius 1 is 1.07 bits per heavy atom. The van der Waals surface area contributed by atoms with Gasteiger partial charge in [-0.2, -0.15) is 14.0 Å². The van der Waals surface area contributed by atoms with E-state index in [9.17, 15) is 4.79 Å². The van der Waals surface area contributed by atoms with Gasteiger partial charge in [-0.1, -0.05) is 35.6 Å². The van der Waals surface area contributed by atoms with Crippen LogP contribution in [0.3, 0.4) is 0 Å². The zero-order chi connectivity index (χ0) is 22.2. The number of rotatable bonds is 2. The summed E-state index contributed by atoms with van der Waals surface area (Å²) in [6.45, 7) is 3.35. The smallest absolute Gasteiger partial charge is 0.294 e. The minimum atomic E-state index is -4.94. The lowest BCUT2D eigenvalue weighted by Gasteiger charge is -2.17. The first kappa shape index (κ1) is 25.1. The van der Waals surface area contributed by atoms with Crippen LogP contribution in [-0.4, -0.2) is 17.0 Å². The summed E-state index contributed by atoms with van der Waals surface area (Å²) in [5.74, 6) is 1.10. The molecule has 29 heavy (non-hydrogen) atoms. The van der Waals surface area contributed by atoms with Crippen LogP contribution in [0.1, 0.15) is 15.9 Å². The molecule has 0 amide bonds.